The van der Waals surface area contributed by atoms with E-state index in [4.69, 9.17) is 4.74 Å². The molecule has 0 radical (unpaired) electrons. The third-order valence-electron chi connectivity index (χ3n) is 3.00. The van der Waals surface area contributed by atoms with Gasteiger partial charge in [-0.1, -0.05) is 19.9 Å². The third-order valence-corrected chi connectivity index (χ3v) is 4.86. The zero-order chi connectivity index (χ0) is 14.1. The van der Waals surface area contributed by atoms with Gasteiger partial charge >= 0.3 is 0 Å². The Morgan fingerprint density at radius 2 is 2.06 bits per heavy atom. The Kier molecular flexibility index (Phi) is 8.48. The highest BCUT2D eigenvalue weighted by atomic mass is 32.2. The summed E-state index contributed by atoms with van der Waals surface area (Å²) >= 11 is 0. The maximum atomic E-state index is 11.7. The van der Waals surface area contributed by atoms with E-state index in [1.54, 1.807) is 7.11 Å². The summed E-state index contributed by atoms with van der Waals surface area (Å²) in [5, 5.41) is 3.26. The lowest BCUT2D eigenvalue weighted by molar-refractivity contribution is 0.195. The minimum absolute atomic E-state index is 0.186. The largest absolute Gasteiger partial charge is 0.383 e. The Labute approximate surface area is 112 Å². The summed E-state index contributed by atoms with van der Waals surface area (Å²) in [7, 11) is -1.25. The molecule has 0 bridgehead atoms. The average Bonchev–Trinajstić information content (AvgIpc) is 2.32. The van der Waals surface area contributed by atoms with E-state index < -0.39 is 9.84 Å². The van der Waals surface area contributed by atoms with E-state index in [0.717, 1.165) is 13.1 Å². The molecular formula is C13H27NO3S. The summed E-state index contributed by atoms with van der Waals surface area (Å²) < 4.78 is 28.3. The molecule has 1 unspecified atom stereocenters. The van der Waals surface area contributed by atoms with E-state index in [9.17, 15) is 8.42 Å². The van der Waals surface area contributed by atoms with E-state index >= 15 is 0 Å². The molecule has 1 atom stereocenters. The molecule has 108 valence electrons. The average molecular weight is 277 g/mol. The van der Waals surface area contributed by atoms with Gasteiger partial charge in [-0.3, -0.25) is 0 Å². The summed E-state index contributed by atoms with van der Waals surface area (Å²) in [5.41, 5.74) is -0.186. The number of hydrogen-bond donors (Lipinski definition) is 1. The quantitative estimate of drug-likeness (QED) is 0.461. The van der Waals surface area contributed by atoms with Crippen LogP contribution in [0.15, 0.2) is 12.7 Å². The highest BCUT2D eigenvalue weighted by Crippen LogP contribution is 2.22. The van der Waals surface area contributed by atoms with Crippen LogP contribution >= 0.6 is 0 Å². The highest BCUT2D eigenvalue weighted by molar-refractivity contribution is 7.91. The normalized spacial score (nSPS) is 15.3. The lowest BCUT2D eigenvalue weighted by atomic mass is 9.88. The molecule has 0 amide bonds. The van der Waals surface area contributed by atoms with Crippen molar-refractivity contribution in [3.8, 4) is 0 Å². The second-order valence-electron chi connectivity index (χ2n) is 4.93. The zero-order valence-corrected chi connectivity index (χ0v) is 12.7. The fraction of sp³-hybridized carbons (Fsp3) is 0.846. The topological polar surface area (TPSA) is 55.4 Å². The fourth-order valence-electron chi connectivity index (χ4n) is 1.61. The van der Waals surface area contributed by atoms with Crippen molar-refractivity contribution < 1.29 is 13.2 Å². The first-order valence-electron chi connectivity index (χ1n) is 6.43. The summed E-state index contributed by atoms with van der Waals surface area (Å²) in [6.07, 6.45) is 3.13. The fourth-order valence-corrected chi connectivity index (χ4v) is 3.22. The highest BCUT2D eigenvalue weighted by Gasteiger charge is 2.23. The van der Waals surface area contributed by atoms with Gasteiger partial charge in [0.2, 0.25) is 0 Å². The van der Waals surface area contributed by atoms with Gasteiger partial charge in [0, 0.05) is 26.0 Å². The first-order chi connectivity index (χ1) is 8.39. The van der Waals surface area contributed by atoms with Crippen LogP contribution in [0.1, 0.15) is 26.7 Å². The number of ether oxygens (including phenoxy) is 1. The molecule has 4 nitrogen and oxygen atoms in total. The zero-order valence-electron chi connectivity index (χ0n) is 11.9. The van der Waals surface area contributed by atoms with Crippen molar-refractivity contribution in [3.63, 3.8) is 0 Å². The molecule has 0 aromatic rings. The number of hydrogen-bond acceptors (Lipinski definition) is 4. The SMILES string of the molecule is C=CC(C)(CCS(=O)(=O)CCC)CNCCOC. The van der Waals surface area contributed by atoms with Gasteiger partial charge in [-0.25, -0.2) is 8.42 Å². The monoisotopic (exact) mass is 277 g/mol. The van der Waals surface area contributed by atoms with E-state index in [1.165, 1.54) is 0 Å². The predicted molar refractivity (Wildman–Crippen MR) is 76.6 cm³/mol. The van der Waals surface area contributed by atoms with Crippen LogP contribution < -0.4 is 5.32 Å². The van der Waals surface area contributed by atoms with Crippen molar-refractivity contribution in [1.82, 2.24) is 5.32 Å². The van der Waals surface area contributed by atoms with Gasteiger partial charge in [0.1, 0.15) is 9.84 Å². The van der Waals surface area contributed by atoms with Gasteiger partial charge in [0.25, 0.3) is 0 Å². The second-order valence-corrected chi connectivity index (χ2v) is 7.23. The van der Waals surface area contributed by atoms with Gasteiger partial charge in [-0.2, -0.15) is 0 Å². The van der Waals surface area contributed by atoms with Crippen LogP contribution in [-0.4, -0.2) is 46.7 Å². The molecule has 0 aliphatic heterocycles. The summed E-state index contributed by atoms with van der Waals surface area (Å²) in [4.78, 5) is 0. The maximum absolute atomic E-state index is 11.7. The first kappa shape index (κ1) is 17.6. The summed E-state index contributed by atoms with van der Waals surface area (Å²) in [6.45, 7) is 9.87. The van der Waals surface area contributed by atoms with Crippen molar-refractivity contribution in [2.45, 2.75) is 26.7 Å². The van der Waals surface area contributed by atoms with Crippen molar-refractivity contribution in [2.75, 3.05) is 38.3 Å². The standard InChI is InChI=1S/C13H27NO3S/c1-5-10-18(15,16)11-7-13(3,6-2)12-14-8-9-17-4/h6,14H,2,5,7-12H2,1,3-4H3. The minimum atomic E-state index is -2.91. The molecule has 0 heterocycles. The Bertz CT molecular complexity index is 327. The molecule has 18 heavy (non-hydrogen) atoms. The van der Waals surface area contributed by atoms with Gasteiger partial charge in [-0.05, 0) is 18.3 Å². The smallest absolute Gasteiger partial charge is 0.150 e. The van der Waals surface area contributed by atoms with Crippen LogP contribution in [-0.2, 0) is 14.6 Å². The molecule has 0 aromatic heterocycles. The number of sulfone groups is 1. The minimum Gasteiger partial charge on any atom is -0.383 e. The van der Waals surface area contributed by atoms with Crippen LogP contribution in [0.5, 0.6) is 0 Å². The Morgan fingerprint density at radius 3 is 2.56 bits per heavy atom. The van der Waals surface area contributed by atoms with E-state index in [2.05, 4.69) is 11.9 Å². The Morgan fingerprint density at radius 1 is 1.39 bits per heavy atom. The first-order valence-corrected chi connectivity index (χ1v) is 8.25. The number of nitrogens with one attached hydrogen (secondary N) is 1. The van der Waals surface area contributed by atoms with Crippen molar-refractivity contribution in [3.05, 3.63) is 12.7 Å². The molecule has 0 aromatic carbocycles. The third kappa shape index (κ3) is 7.84. The molecule has 0 saturated carbocycles. The molecule has 0 aliphatic rings. The van der Waals surface area contributed by atoms with Crippen LogP contribution in [0, 0.1) is 5.41 Å². The molecule has 0 spiro atoms. The van der Waals surface area contributed by atoms with Gasteiger partial charge in [0.05, 0.1) is 12.4 Å². The van der Waals surface area contributed by atoms with E-state index in [-0.39, 0.29) is 16.9 Å². The van der Waals surface area contributed by atoms with E-state index in [1.807, 2.05) is 19.9 Å². The summed E-state index contributed by atoms with van der Waals surface area (Å²) in [5.74, 6) is 0.507. The van der Waals surface area contributed by atoms with E-state index in [0.29, 0.717) is 19.4 Å². The van der Waals surface area contributed by atoms with Gasteiger partial charge in [-0.15, -0.1) is 6.58 Å². The molecule has 5 heteroatoms. The Balaban J connectivity index is 4.18. The molecule has 0 saturated heterocycles. The molecule has 0 fully saturated rings. The van der Waals surface area contributed by atoms with Gasteiger partial charge < -0.3 is 10.1 Å². The molecule has 1 N–H and O–H groups in total. The Hall–Kier alpha value is -0.390. The lowest BCUT2D eigenvalue weighted by Crippen LogP contribution is -2.34. The van der Waals surface area contributed by atoms with Crippen LogP contribution in [0.4, 0.5) is 0 Å². The number of rotatable bonds is 11. The van der Waals surface area contributed by atoms with Gasteiger partial charge in [0.15, 0.2) is 0 Å². The molecule has 0 rings (SSSR count). The lowest BCUT2D eigenvalue weighted by Gasteiger charge is -2.26. The van der Waals surface area contributed by atoms with Crippen molar-refractivity contribution in [1.29, 1.82) is 0 Å². The predicted octanol–water partition coefficient (Wildman–Crippen LogP) is 1.63. The maximum Gasteiger partial charge on any atom is 0.150 e. The van der Waals surface area contributed by atoms with Crippen molar-refractivity contribution in [2.24, 2.45) is 5.41 Å². The van der Waals surface area contributed by atoms with Crippen LogP contribution in [0.2, 0.25) is 0 Å². The van der Waals surface area contributed by atoms with Crippen molar-refractivity contribution >= 4 is 9.84 Å². The number of methoxy groups -OCH3 is 1. The van der Waals surface area contributed by atoms with Crippen LogP contribution in [0.3, 0.4) is 0 Å². The summed E-state index contributed by atoms with van der Waals surface area (Å²) in [6, 6.07) is 0. The van der Waals surface area contributed by atoms with Crippen LogP contribution in [0.25, 0.3) is 0 Å². The second kappa shape index (κ2) is 8.67. The molecular weight excluding hydrogens is 250 g/mol. The molecule has 0 aliphatic carbocycles.